The Morgan fingerprint density at radius 3 is 2.26 bits per heavy atom. The van der Waals surface area contributed by atoms with Gasteiger partial charge < -0.3 is 10.6 Å². The van der Waals surface area contributed by atoms with Crippen LogP contribution in [0.25, 0.3) is 0 Å². The maximum Gasteiger partial charge on any atom is 0.257 e. The van der Waals surface area contributed by atoms with Crippen molar-refractivity contribution in [2.24, 2.45) is 0 Å². The number of hydrogen-bond acceptors (Lipinski definition) is 5. The average molecular weight is 455 g/mol. The number of halogens is 1. The first-order valence-electron chi connectivity index (χ1n) is 9.64. The molecule has 0 bridgehead atoms. The molecule has 0 saturated heterocycles. The number of hydrogen-bond donors (Lipinski definition) is 3. The van der Waals surface area contributed by atoms with Crippen LogP contribution < -0.4 is 16.0 Å². The van der Waals surface area contributed by atoms with Gasteiger partial charge in [0.05, 0.1) is 11.6 Å². The van der Waals surface area contributed by atoms with Crippen LogP contribution in [0.1, 0.15) is 40.2 Å². The van der Waals surface area contributed by atoms with Crippen molar-refractivity contribution >= 4 is 57.2 Å². The Kier molecular flexibility index (Phi) is 6.01. The van der Waals surface area contributed by atoms with E-state index < -0.39 is 0 Å². The monoisotopic (exact) mass is 454 g/mol. The van der Waals surface area contributed by atoms with Gasteiger partial charge in [0.1, 0.15) is 0 Å². The minimum atomic E-state index is -0.373. The Hall–Kier alpha value is -3.23. The van der Waals surface area contributed by atoms with Crippen molar-refractivity contribution in [2.45, 2.75) is 25.7 Å². The lowest BCUT2D eigenvalue weighted by Crippen LogP contribution is -2.20. The number of nitrogens with zero attached hydrogens (tertiary/aromatic N) is 1. The van der Waals surface area contributed by atoms with Crippen molar-refractivity contribution < 1.29 is 14.4 Å². The van der Waals surface area contributed by atoms with E-state index in [4.69, 9.17) is 11.6 Å². The topological polar surface area (TPSA) is 100 Å². The highest BCUT2D eigenvalue weighted by Crippen LogP contribution is 2.39. The fourth-order valence-electron chi connectivity index (χ4n) is 3.38. The third-order valence-corrected chi connectivity index (χ3v) is 6.13. The number of nitrogens with one attached hydrogen (secondary N) is 3. The molecule has 158 valence electrons. The van der Waals surface area contributed by atoms with E-state index in [1.54, 1.807) is 48.5 Å². The summed E-state index contributed by atoms with van der Waals surface area (Å²) in [7, 11) is 0. The van der Waals surface area contributed by atoms with E-state index in [9.17, 15) is 14.4 Å². The van der Waals surface area contributed by atoms with Crippen LogP contribution in [-0.2, 0) is 16.0 Å². The van der Waals surface area contributed by atoms with Gasteiger partial charge >= 0.3 is 0 Å². The highest BCUT2D eigenvalue weighted by Gasteiger charge is 2.33. The molecule has 1 heterocycles. The molecular weight excluding hydrogens is 436 g/mol. The SMILES string of the molecule is CC(=O)Nc1ccc(NC(=O)C2CCc3sc(NC(=O)c4ccc(Cl)cc4)nc32)cc1. The van der Waals surface area contributed by atoms with E-state index in [1.165, 1.54) is 18.3 Å². The molecule has 1 aliphatic rings. The van der Waals surface area contributed by atoms with Crippen molar-refractivity contribution in [1.29, 1.82) is 0 Å². The zero-order valence-corrected chi connectivity index (χ0v) is 18.1. The van der Waals surface area contributed by atoms with Gasteiger partial charge in [0.2, 0.25) is 11.8 Å². The molecule has 3 amide bonds. The number of fused-ring (bicyclic) bond motifs is 1. The molecule has 2 aromatic carbocycles. The Bertz CT molecular complexity index is 1140. The van der Waals surface area contributed by atoms with Gasteiger partial charge in [-0.1, -0.05) is 11.6 Å². The number of rotatable bonds is 5. The number of aryl methyl sites for hydroxylation is 1. The second-order valence-electron chi connectivity index (χ2n) is 7.13. The van der Waals surface area contributed by atoms with Crippen LogP contribution in [0.3, 0.4) is 0 Å². The van der Waals surface area contributed by atoms with E-state index in [2.05, 4.69) is 20.9 Å². The molecule has 0 saturated carbocycles. The van der Waals surface area contributed by atoms with Gasteiger partial charge in [-0.15, -0.1) is 11.3 Å². The predicted molar refractivity (Wildman–Crippen MR) is 122 cm³/mol. The van der Waals surface area contributed by atoms with Crippen LogP contribution in [0.15, 0.2) is 48.5 Å². The quantitative estimate of drug-likeness (QED) is 0.521. The molecule has 3 aromatic rings. The van der Waals surface area contributed by atoms with E-state index >= 15 is 0 Å². The Labute approximate surface area is 187 Å². The third-order valence-electron chi connectivity index (χ3n) is 4.83. The number of aromatic nitrogens is 1. The minimum Gasteiger partial charge on any atom is -0.326 e. The van der Waals surface area contributed by atoms with Gasteiger partial charge in [-0.3, -0.25) is 19.7 Å². The fraction of sp³-hybridized carbons (Fsp3) is 0.182. The molecule has 0 aliphatic heterocycles. The molecule has 1 aromatic heterocycles. The molecule has 1 atom stereocenters. The summed E-state index contributed by atoms with van der Waals surface area (Å²) < 4.78 is 0. The first-order chi connectivity index (χ1) is 14.9. The summed E-state index contributed by atoms with van der Waals surface area (Å²) in [5.74, 6) is -0.948. The summed E-state index contributed by atoms with van der Waals surface area (Å²) in [4.78, 5) is 41.9. The third kappa shape index (κ3) is 4.92. The lowest BCUT2D eigenvalue weighted by atomic mass is 10.1. The molecule has 3 N–H and O–H groups in total. The predicted octanol–water partition coefficient (Wildman–Crippen LogP) is 4.68. The minimum absolute atomic E-state index is 0.146. The molecule has 4 rings (SSSR count). The second-order valence-corrected chi connectivity index (χ2v) is 8.65. The van der Waals surface area contributed by atoms with Gasteiger partial charge in [0, 0.05) is 33.8 Å². The molecular formula is C22H19ClN4O3S. The average Bonchev–Trinajstić information content (AvgIpc) is 3.29. The van der Waals surface area contributed by atoms with Crippen LogP contribution in [0, 0.1) is 0 Å². The van der Waals surface area contributed by atoms with E-state index in [1.807, 2.05) is 0 Å². The van der Waals surface area contributed by atoms with Gasteiger partial charge in [-0.2, -0.15) is 0 Å². The molecule has 0 fully saturated rings. The van der Waals surface area contributed by atoms with Gasteiger partial charge in [0.25, 0.3) is 5.91 Å². The van der Waals surface area contributed by atoms with Crippen LogP contribution in [0.4, 0.5) is 16.5 Å². The molecule has 9 heteroatoms. The van der Waals surface area contributed by atoms with Gasteiger partial charge in [-0.05, 0) is 61.4 Å². The number of anilines is 3. The van der Waals surface area contributed by atoms with Crippen molar-refractivity contribution in [3.63, 3.8) is 0 Å². The van der Waals surface area contributed by atoms with Crippen LogP contribution in [0.5, 0.6) is 0 Å². The number of thiazole rings is 1. The van der Waals surface area contributed by atoms with Gasteiger partial charge in [0.15, 0.2) is 5.13 Å². The zero-order valence-electron chi connectivity index (χ0n) is 16.6. The zero-order chi connectivity index (χ0) is 22.0. The maximum atomic E-state index is 12.8. The van der Waals surface area contributed by atoms with E-state index in [-0.39, 0.29) is 23.6 Å². The molecule has 0 radical (unpaired) electrons. The normalized spacial score (nSPS) is 14.6. The smallest absolute Gasteiger partial charge is 0.257 e. The first-order valence-corrected chi connectivity index (χ1v) is 10.8. The largest absolute Gasteiger partial charge is 0.326 e. The number of carbonyl (C=O) groups is 3. The summed E-state index contributed by atoms with van der Waals surface area (Å²) in [6, 6.07) is 13.5. The Morgan fingerprint density at radius 1 is 0.968 bits per heavy atom. The van der Waals surface area contributed by atoms with Crippen LogP contribution >= 0.6 is 22.9 Å². The lowest BCUT2D eigenvalue weighted by molar-refractivity contribution is -0.117. The highest BCUT2D eigenvalue weighted by molar-refractivity contribution is 7.16. The summed E-state index contributed by atoms with van der Waals surface area (Å²) in [6.45, 7) is 1.44. The van der Waals surface area contributed by atoms with Crippen molar-refractivity contribution in [1.82, 2.24) is 4.98 Å². The number of benzene rings is 2. The Balaban J connectivity index is 1.41. The number of amides is 3. The standard InChI is InChI=1S/C22H19ClN4O3S/c1-12(28)24-15-6-8-16(9-7-15)25-21(30)17-10-11-18-19(17)26-22(31-18)27-20(29)13-2-4-14(23)5-3-13/h2-9,17H,10-11H2,1H3,(H,24,28)(H,25,30)(H,26,27,29). The molecule has 7 nitrogen and oxygen atoms in total. The summed E-state index contributed by atoms with van der Waals surface area (Å²) in [5, 5.41) is 9.41. The lowest BCUT2D eigenvalue weighted by Gasteiger charge is -2.11. The molecule has 0 spiro atoms. The van der Waals surface area contributed by atoms with Crippen LogP contribution in [0.2, 0.25) is 5.02 Å². The first kappa shape index (κ1) is 21.0. The van der Waals surface area contributed by atoms with Crippen LogP contribution in [-0.4, -0.2) is 22.7 Å². The fourth-order valence-corrected chi connectivity index (χ4v) is 4.54. The maximum absolute atomic E-state index is 12.8. The Morgan fingerprint density at radius 2 is 1.61 bits per heavy atom. The second kappa shape index (κ2) is 8.87. The highest BCUT2D eigenvalue weighted by atomic mass is 35.5. The van der Waals surface area contributed by atoms with Crippen molar-refractivity contribution in [3.8, 4) is 0 Å². The van der Waals surface area contributed by atoms with Crippen molar-refractivity contribution in [2.75, 3.05) is 16.0 Å². The molecule has 1 unspecified atom stereocenters. The molecule has 31 heavy (non-hydrogen) atoms. The van der Waals surface area contributed by atoms with E-state index in [0.717, 1.165) is 11.3 Å². The number of carbonyl (C=O) groups excluding carboxylic acids is 3. The summed E-state index contributed by atoms with van der Waals surface area (Å²) >= 11 is 7.26. The van der Waals surface area contributed by atoms with E-state index in [0.29, 0.717) is 39.2 Å². The summed E-state index contributed by atoms with van der Waals surface area (Å²) in [6.07, 6.45) is 1.42. The summed E-state index contributed by atoms with van der Waals surface area (Å²) in [5.41, 5.74) is 2.49. The van der Waals surface area contributed by atoms with Gasteiger partial charge in [-0.25, -0.2) is 4.98 Å². The van der Waals surface area contributed by atoms with Crippen molar-refractivity contribution in [3.05, 3.63) is 69.7 Å². The molecule has 1 aliphatic carbocycles.